The summed E-state index contributed by atoms with van der Waals surface area (Å²) >= 11 is 0. The van der Waals surface area contributed by atoms with Crippen molar-refractivity contribution in [1.82, 2.24) is 0 Å². The van der Waals surface area contributed by atoms with Crippen LogP contribution in [-0.2, 0) is 19.4 Å². The van der Waals surface area contributed by atoms with E-state index in [-0.39, 0.29) is 0 Å². The fourth-order valence-electron chi connectivity index (χ4n) is 1.92. The van der Waals surface area contributed by atoms with E-state index in [0.29, 0.717) is 0 Å². The summed E-state index contributed by atoms with van der Waals surface area (Å²) in [6.07, 6.45) is -2.32. The van der Waals surface area contributed by atoms with E-state index < -0.39 is 80.5 Å². The third kappa shape index (κ3) is 8.09. The number of hydrogen-bond acceptors (Lipinski definition) is 16. The van der Waals surface area contributed by atoms with Gasteiger partial charge < -0.3 is 19.4 Å². The molecule has 0 radical (unpaired) electrons. The molecule has 0 saturated carbocycles. The number of nitro groups is 2. The Kier molecular flexibility index (Phi) is 9.23. The Morgan fingerprint density at radius 3 is 0.800 bits per heavy atom. The highest BCUT2D eigenvalue weighted by molar-refractivity contribution is 4.86. The maximum Gasteiger partial charge on any atom is 0.294 e. The SMILES string of the molecule is O=[N+]([O-])OCC(CCC(CO[N+](=O)[O-])(CO[N+](=O)[O-])[N+](=O)[O-])(CO[N+](=O)[O-])[N+](=O)[O-]. The van der Waals surface area contributed by atoms with Crippen molar-refractivity contribution in [3.63, 3.8) is 0 Å². The summed E-state index contributed by atoms with van der Waals surface area (Å²) in [6.45, 7) is -5.89. The second-order valence-corrected chi connectivity index (χ2v) is 5.45. The zero-order chi connectivity index (χ0) is 23.5. The first-order valence-electron chi connectivity index (χ1n) is 7.14. The minimum Gasteiger partial charge on any atom is -0.306 e. The molecule has 0 aromatic heterocycles. The summed E-state index contributed by atoms with van der Waals surface area (Å²) in [4.78, 5) is 77.1. The lowest BCUT2D eigenvalue weighted by Crippen LogP contribution is -2.53. The van der Waals surface area contributed by atoms with Crippen molar-refractivity contribution in [2.75, 3.05) is 26.4 Å². The Bertz CT molecular complexity index is 601. The molecule has 22 heteroatoms. The van der Waals surface area contributed by atoms with Gasteiger partial charge in [0.25, 0.3) is 31.4 Å². The quantitative estimate of drug-likeness (QED) is 0.183. The molecular formula is C8H12N6O16. The normalized spacial score (nSPS) is 11.1. The predicted octanol–water partition coefficient (Wildman–Crippen LogP) is -1.37. The average molecular weight is 448 g/mol. The molecule has 0 aliphatic rings. The van der Waals surface area contributed by atoms with Crippen molar-refractivity contribution in [3.8, 4) is 0 Å². The molecule has 0 rings (SSSR count). The first-order chi connectivity index (χ1) is 13.8. The number of hydrogen-bond donors (Lipinski definition) is 0. The monoisotopic (exact) mass is 448 g/mol. The zero-order valence-electron chi connectivity index (χ0n) is 14.5. The topological polar surface area (TPSA) is 296 Å². The van der Waals surface area contributed by atoms with Crippen LogP contribution in [0.5, 0.6) is 0 Å². The van der Waals surface area contributed by atoms with Crippen molar-refractivity contribution in [2.24, 2.45) is 0 Å². The van der Waals surface area contributed by atoms with E-state index in [1.165, 1.54) is 0 Å². The Labute approximate surface area is 161 Å². The van der Waals surface area contributed by atoms with Crippen LogP contribution in [0.15, 0.2) is 0 Å². The van der Waals surface area contributed by atoms with Crippen LogP contribution in [0.2, 0.25) is 0 Å². The second kappa shape index (κ2) is 10.8. The molecule has 0 saturated heterocycles. The van der Waals surface area contributed by atoms with Crippen molar-refractivity contribution in [1.29, 1.82) is 0 Å². The van der Waals surface area contributed by atoms with Gasteiger partial charge in [0.05, 0.1) is 0 Å². The van der Waals surface area contributed by atoms with Gasteiger partial charge in [-0.2, -0.15) is 0 Å². The maximum atomic E-state index is 11.4. The Hall–Kier alpha value is -4.40. The third-order valence-corrected chi connectivity index (χ3v) is 3.58. The zero-order valence-corrected chi connectivity index (χ0v) is 14.5. The molecule has 0 amide bonds. The molecule has 0 fully saturated rings. The smallest absolute Gasteiger partial charge is 0.294 e. The lowest BCUT2D eigenvalue weighted by atomic mass is 9.87. The molecule has 0 atom stereocenters. The van der Waals surface area contributed by atoms with Crippen molar-refractivity contribution >= 4 is 0 Å². The molecule has 0 unspecified atom stereocenters. The van der Waals surface area contributed by atoms with Crippen molar-refractivity contribution in [3.05, 3.63) is 60.7 Å². The molecule has 0 aliphatic heterocycles. The molecule has 0 aromatic rings. The van der Waals surface area contributed by atoms with Gasteiger partial charge >= 0.3 is 0 Å². The van der Waals surface area contributed by atoms with E-state index in [4.69, 9.17) is 0 Å². The molecular weight excluding hydrogens is 436 g/mol. The predicted molar refractivity (Wildman–Crippen MR) is 80.5 cm³/mol. The number of rotatable bonds is 17. The fourth-order valence-corrected chi connectivity index (χ4v) is 1.92. The van der Waals surface area contributed by atoms with E-state index in [1.807, 2.05) is 0 Å². The largest absolute Gasteiger partial charge is 0.306 e. The summed E-state index contributed by atoms with van der Waals surface area (Å²) in [5, 5.41) is 58.3. The van der Waals surface area contributed by atoms with Crippen LogP contribution in [0.3, 0.4) is 0 Å². The van der Waals surface area contributed by atoms with Gasteiger partial charge in [0, 0.05) is 22.7 Å². The molecule has 0 aliphatic carbocycles. The average Bonchev–Trinajstić information content (AvgIpc) is 2.61. The van der Waals surface area contributed by atoms with Gasteiger partial charge in [0.1, 0.15) is 0 Å². The molecule has 30 heavy (non-hydrogen) atoms. The van der Waals surface area contributed by atoms with Gasteiger partial charge in [-0.15, -0.1) is 40.5 Å². The minimum absolute atomic E-state index is 1.16. The molecule has 22 nitrogen and oxygen atoms in total. The fraction of sp³-hybridized carbons (Fsp3) is 1.00. The van der Waals surface area contributed by atoms with Gasteiger partial charge in [-0.25, -0.2) is 0 Å². The van der Waals surface area contributed by atoms with Crippen LogP contribution in [0.25, 0.3) is 0 Å². The maximum absolute atomic E-state index is 11.4. The lowest BCUT2D eigenvalue weighted by molar-refractivity contribution is -0.791. The Morgan fingerprint density at radius 2 is 0.667 bits per heavy atom. The summed E-state index contributed by atoms with van der Waals surface area (Å²) in [7, 11) is 0. The van der Waals surface area contributed by atoms with E-state index >= 15 is 0 Å². The molecule has 0 spiro atoms. The van der Waals surface area contributed by atoms with Crippen molar-refractivity contribution in [2.45, 2.75) is 23.9 Å². The molecule has 0 N–H and O–H groups in total. The van der Waals surface area contributed by atoms with E-state index in [9.17, 15) is 60.7 Å². The standard InChI is InChI=1S/C8H12N6O16/c15-9(16)7(3-27-11(19)20,4-28-12(21)22)1-2-8(10(17)18,5-29-13(23)24)6-30-14(25)26/h1-6H2. The summed E-state index contributed by atoms with van der Waals surface area (Å²) in [5.74, 6) is 0. The Morgan fingerprint density at radius 1 is 0.467 bits per heavy atom. The first kappa shape index (κ1) is 25.6. The van der Waals surface area contributed by atoms with Crippen molar-refractivity contribution < 1.29 is 49.5 Å². The van der Waals surface area contributed by atoms with E-state index in [0.717, 1.165) is 0 Å². The van der Waals surface area contributed by atoms with Crippen LogP contribution in [0.4, 0.5) is 0 Å². The van der Waals surface area contributed by atoms with Gasteiger partial charge in [-0.05, 0) is 0 Å². The van der Waals surface area contributed by atoms with Gasteiger partial charge in [0.2, 0.25) is 0 Å². The highest BCUT2D eigenvalue weighted by Gasteiger charge is 2.53. The summed E-state index contributed by atoms with van der Waals surface area (Å²) in [6, 6.07) is 0. The molecule has 0 aromatic carbocycles. The summed E-state index contributed by atoms with van der Waals surface area (Å²) in [5.41, 5.74) is -5.66. The van der Waals surface area contributed by atoms with E-state index in [1.54, 1.807) is 0 Å². The Balaban J connectivity index is 5.92. The summed E-state index contributed by atoms with van der Waals surface area (Å²) < 4.78 is 0. The molecule has 170 valence electrons. The van der Waals surface area contributed by atoms with Gasteiger partial charge in [-0.1, -0.05) is 0 Å². The van der Waals surface area contributed by atoms with Gasteiger partial charge in [0.15, 0.2) is 26.4 Å². The third-order valence-electron chi connectivity index (χ3n) is 3.58. The van der Waals surface area contributed by atoms with E-state index in [2.05, 4.69) is 19.4 Å². The minimum atomic E-state index is -2.83. The van der Waals surface area contributed by atoms with Gasteiger partial charge in [-0.3, -0.25) is 20.2 Å². The highest BCUT2D eigenvalue weighted by Crippen LogP contribution is 2.27. The molecule has 0 heterocycles. The lowest BCUT2D eigenvalue weighted by Gasteiger charge is -2.28. The highest BCUT2D eigenvalue weighted by atomic mass is 17.0. The number of nitrogens with zero attached hydrogens (tertiary/aromatic N) is 6. The van der Waals surface area contributed by atoms with Crippen LogP contribution in [-0.4, -0.2) is 67.7 Å². The van der Waals surface area contributed by atoms with Crippen LogP contribution < -0.4 is 0 Å². The van der Waals surface area contributed by atoms with Crippen LogP contribution >= 0.6 is 0 Å². The second-order valence-electron chi connectivity index (χ2n) is 5.45. The van der Waals surface area contributed by atoms with Crippen LogP contribution in [0, 0.1) is 60.7 Å². The first-order valence-corrected chi connectivity index (χ1v) is 7.14. The molecule has 0 bridgehead atoms. The van der Waals surface area contributed by atoms with Crippen LogP contribution in [0.1, 0.15) is 12.8 Å².